The molecule has 3 fully saturated rings. The van der Waals surface area contributed by atoms with Crippen molar-refractivity contribution < 1.29 is 9.53 Å². The lowest BCUT2D eigenvalue weighted by Gasteiger charge is -2.47. The smallest absolute Gasteiger partial charge is 0.327 e. The van der Waals surface area contributed by atoms with E-state index in [1.807, 2.05) is 0 Å². The fourth-order valence-corrected chi connectivity index (χ4v) is 4.39. The number of methoxy groups -OCH3 is 1. The molecule has 2 aliphatic heterocycles. The lowest BCUT2D eigenvalue weighted by molar-refractivity contribution is -0.149. The number of piperidine rings is 2. The Hall–Kier alpha value is -0.650. The average Bonchev–Trinajstić information content (AvgIpc) is 3.31. The van der Waals surface area contributed by atoms with E-state index in [1.54, 1.807) is 0 Å². The number of carbonyl (C=O) groups is 1. The molecule has 0 aromatic carbocycles. The Bertz CT molecular complexity index is 399. The van der Waals surface area contributed by atoms with Gasteiger partial charge in [-0.1, -0.05) is 0 Å². The van der Waals surface area contributed by atoms with E-state index in [2.05, 4.69) is 16.8 Å². The summed E-state index contributed by atoms with van der Waals surface area (Å²) in [6, 6.07) is 0.723. The van der Waals surface area contributed by atoms with Crippen LogP contribution in [0.4, 0.5) is 0 Å². The van der Waals surface area contributed by atoms with Gasteiger partial charge in [0, 0.05) is 19.1 Å². The molecule has 2 saturated heterocycles. The van der Waals surface area contributed by atoms with Crippen LogP contribution in [0.3, 0.4) is 0 Å². The van der Waals surface area contributed by atoms with Crippen molar-refractivity contribution in [3.05, 3.63) is 0 Å². The van der Waals surface area contributed by atoms with Crippen LogP contribution >= 0.6 is 0 Å². The Labute approximate surface area is 127 Å². The van der Waals surface area contributed by atoms with E-state index >= 15 is 0 Å². The SMILES string of the molecule is COC(=O)C(N)(CN1CCC2C(CCCN2C)C1)C1CC1. The highest BCUT2D eigenvalue weighted by molar-refractivity contribution is 5.81. The quantitative estimate of drug-likeness (QED) is 0.773. The van der Waals surface area contributed by atoms with Crippen molar-refractivity contribution in [2.45, 2.75) is 43.7 Å². The molecule has 0 aromatic rings. The van der Waals surface area contributed by atoms with Gasteiger partial charge in [-0.05, 0) is 64.1 Å². The number of esters is 1. The number of nitrogens with two attached hydrogens (primary N) is 1. The monoisotopic (exact) mass is 295 g/mol. The summed E-state index contributed by atoms with van der Waals surface area (Å²) >= 11 is 0. The molecule has 5 nitrogen and oxygen atoms in total. The van der Waals surface area contributed by atoms with Crippen molar-refractivity contribution >= 4 is 5.97 Å². The highest BCUT2D eigenvalue weighted by Crippen LogP contribution is 2.40. The largest absolute Gasteiger partial charge is 0.468 e. The summed E-state index contributed by atoms with van der Waals surface area (Å²) in [6.45, 7) is 4.02. The molecular weight excluding hydrogens is 266 g/mol. The fraction of sp³-hybridized carbons (Fsp3) is 0.938. The van der Waals surface area contributed by atoms with Gasteiger partial charge in [0.1, 0.15) is 5.54 Å². The molecule has 3 rings (SSSR count). The molecule has 3 unspecified atom stereocenters. The van der Waals surface area contributed by atoms with E-state index in [-0.39, 0.29) is 5.97 Å². The number of rotatable bonds is 4. The zero-order chi connectivity index (χ0) is 15.0. The van der Waals surface area contributed by atoms with E-state index in [9.17, 15) is 4.79 Å². The van der Waals surface area contributed by atoms with Crippen molar-refractivity contribution in [3.63, 3.8) is 0 Å². The maximum absolute atomic E-state index is 12.1. The van der Waals surface area contributed by atoms with Gasteiger partial charge in [-0.25, -0.2) is 0 Å². The third-order valence-corrected chi connectivity index (χ3v) is 5.79. The molecule has 120 valence electrons. The molecule has 0 aromatic heterocycles. The first kappa shape index (κ1) is 15.3. The molecule has 1 saturated carbocycles. The normalized spacial score (nSPS) is 34.0. The molecule has 5 heteroatoms. The van der Waals surface area contributed by atoms with Gasteiger partial charge < -0.3 is 20.3 Å². The Morgan fingerprint density at radius 1 is 1.29 bits per heavy atom. The van der Waals surface area contributed by atoms with E-state index in [0.717, 1.165) is 37.9 Å². The van der Waals surface area contributed by atoms with Crippen molar-refractivity contribution in [3.8, 4) is 0 Å². The molecule has 2 heterocycles. The maximum Gasteiger partial charge on any atom is 0.327 e. The zero-order valence-corrected chi connectivity index (χ0v) is 13.4. The van der Waals surface area contributed by atoms with Crippen LogP contribution in [0.1, 0.15) is 32.1 Å². The standard InChI is InChI=1S/C16H29N3O2/c1-18-8-3-4-12-10-19(9-7-14(12)18)11-16(17,13-5-6-13)15(20)21-2/h12-14H,3-11,17H2,1-2H3. The van der Waals surface area contributed by atoms with Crippen LogP contribution in [0.2, 0.25) is 0 Å². The summed E-state index contributed by atoms with van der Waals surface area (Å²) in [7, 11) is 3.70. The predicted molar refractivity (Wildman–Crippen MR) is 81.9 cm³/mol. The van der Waals surface area contributed by atoms with E-state index in [1.165, 1.54) is 32.9 Å². The lowest BCUT2D eigenvalue weighted by Crippen LogP contribution is -2.61. The van der Waals surface area contributed by atoms with Gasteiger partial charge in [0.2, 0.25) is 0 Å². The summed E-state index contributed by atoms with van der Waals surface area (Å²) in [5.74, 6) is 0.822. The van der Waals surface area contributed by atoms with Gasteiger partial charge in [-0.15, -0.1) is 0 Å². The van der Waals surface area contributed by atoms with Gasteiger partial charge in [0.25, 0.3) is 0 Å². The summed E-state index contributed by atoms with van der Waals surface area (Å²) in [4.78, 5) is 17.1. The van der Waals surface area contributed by atoms with E-state index in [0.29, 0.717) is 12.5 Å². The summed E-state index contributed by atoms with van der Waals surface area (Å²) in [5.41, 5.74) is 5.67. The molecule has 3 atom stereocenters. The number of likely N-dealkylation sites (tertiary alicyclic amines) is 2. The summed E-state index contributed by atoms with van der Waals surface area (Å²) in [5, 5.41) is 0. The molecule has 0 amide bonds. The molecule has 0 spiro atoms. The fourth-order valence-electron chi connectivity index (χ4n) is 4.39. The summed E-state index contributed by atoms with van der Waals surface area (Å²) < 4.78 is 4.98. The predicted octanol–water partition coefficient (Wildman–Crippen LogP) is 0.683. The van der Waals surface area contributed by atoms with Crippen LogP contribution in [0.15, 0.2) is 0 Å². The van der Waals surface area contributed by atoms with Crippen LogP contribution < -0.4 is 5.73 Å². The molecular formula is C16H29N3O2. The topological polar surface area (TPSA) is 58.8 Å². The Balaban J connectivity index is 1.64. The van der Waals surface area contributed by atoms with Gasteiger partial charge in [0.05, 0.1) is 7.11 Å². The molecule has 0 bridgehead atoms. The Morgan fingerprint density at radius 3 is 2.71 bits per heavy atom. The van der Waals surface area contributed by atoms with Crippen LogP contribution in [0.25, 0.3) is 0 Å². The first-order chi connectivity index (χ1) is 10.0. The van der Waals surface area contributed by atoms with Crippen molar-refractivity contribution in [1.29, 1.82) is 0 Å². The second kappa shape index (κ2) is 5.86. The highest BCUT2D eigenvalue weighted by atomic mass is 16.5. The maximum atomic E-state index is 12.1. The van der Waals surface area contributed by atoms with E-state index < -0.39 is 5.54 Å². The minimum absolute atomic E-state index is 0.229. The van der Waals surface area contributed by atoms with Crippen molar-refractivity contribution in [2.75, 3.05) is 40.3 Å². The molecule has 3 aliphatic rings. The second-order valence-electron chi connectivity index (χ2n) is 7.28. The number of fused-ring (bicyclic) bond motifs is 1. The van der Waals surface area contributed by atoms with Crippen LogP contribution in [0.5, 0.6) is 0 Å². The van der Waals surface area contributed by atoms with Gasteiger partial charge in [0.15, 0.2) is 0 Å². The number of carbonyl (C=O) groups excluding carboxylic acids is 1. The number of ether oxygens (including phenoxy) is 1. The minimum atomic E-state index is -0.790. The number of hydrogen-bond acceptors (Lipinski definition) is 5. The molecule has 0 radical (unpaired) electrons. The number of hydrogen-bond donors (Lipinski definition) is 1. The minimum Gasteiger partial charge on any atom is -0.468 e. The van der Waals surface area contributed by atoms with Gasteiger partial charge >= 0.3 is 5.97 Å². The van der Waals surface area contributed by atoms with Crippen molar-refractivity contribution in [1.82, 2.24) is 9.80 Å². The third kappa shape index (κ3) is 2.96. The van der Waals surface area contributed by atoms with Crippen LogP contribution in [-0.4, -0.2) is 67.7 Å². The molecule has 1 aliphatic carbocycles. The van der Waals surface area contributed by atoms with Crippen LogP contribution in [0, 0.1) is 11.8 Å². The lowest BCUT2D eigenvalue weighted by atomic mass is 9.83. The number of nitrogens with zero attached hydrogens (tertiary/aromatic N) is 2. The van der Waals surface area contributed by atoms with E-state index in [4.69, 9.17) is 10.5 Å². The first-order valence-electron chi connectivity index (χ1n) is 8.34. The Morgan fingerprint density at radius 2 is 2.05 bits per heavy atom. The van der Waals surface area contributed by atoms with Gasteiger partial charge in [-0.2, -0.15) is 0 Å². The second-order valence-corrected chi connectivity index (χ2v) is 7.28. The average molecular weight is 295 g/mol. The summed E-state index contributed by atoms with van der Waals surface area (Å²) in [6.07, 6.45) is 5.93. The molecule has 2 N–H and O–H groups in total. The molecule has 21 heavy (non-hydrogen) atoms. The third-order valence-electron chi connectivity index (χ3n) is 5.79. The Kier molecular flexibility index (Phi) is 4.26. The zero-order valence-electron chi connectivity index (χ0n) is 13.4. The van der Waals surface area contributed by atoms with Crippen molar-refractivity contribution in [2.24, 2.45) is 17.6 Å². The highest BCUT2D eigenvalue weighted by Gasteiger charge is 2.50. The van der Waals surface area contributed by atoms with Crippen LogP contribution in [-0.2, 0) is 9.53 Å². The van der Waals surface area contributed by atoms with Gasteiger partial charge in [-0.3, -0.25) is 4.79 Å². The first-order valence-corrected chi connectivity index (χ1v) is 8.34.